The van der Waals surface area contributed by atoms with Crippen molar-refractivity contribution >= 4 is 28.8 Å². The quantitative estimate of drug-likeness (QED) is 0.841. The maximum absolute atomic E-state index is 12.1. The Morgan fingerprint density at radius 3 is 3.00 bits per heavy atom. The van der Waals surface area contributed by atoms with Gasteiger partial charge in [-0.15, -0.1) is 11.3 Å². The molecule has 0 spiro atoms. The molecule has 0 saturated carbocycles. The summed E-state index contributed by atoms with van der Waals surface area (Å²) in [6.45, 7) is 2.85. The number of carbonyl (C=O) groups excluding carboxylic acids is 1. The van der Waals surface area contributed by atoms with Crippen molar-refractivity contribution < 1.29 is 9.90 Å². The van der Waals surface area contributed by atoms with Crippen LogP contribution in [0.15, 0.2) is 11.4 Å². The lowest BCUT2D eigenvalue weighted by atomic mass is 9.95. The number of hydrogen-bond acceptors (Lipinski definition) is 3. The number of halogens is 1. The number of rotatable bonds is 1. The van der Waals surface area contributed by atoms with Crippen LogP contribution in [0.4, 0.5) is 0 Å². The predicted molar refractivity (Wildman–Crippen MR) is 65.1 cm³/mol. The monoisotopic (exact) mass is 259 g/mol. The van der Waals surface area contributed by atoms with Crippen LogP contribution in [-0.4, -0.2) is 34.6 Å². The first-order valence-electron chi connectivity index (χ1n) is 5.24. The third-order valence-corrected chi connectivity index (χ3v) is 4.10. The fraction of sp³-hybridized carbons (Fsp3) is 0.545. The van der Waals surface area contributed by atoms with Gasteiger partial charge in [-0.05, 0) is 31.2 Å². The van der Waals surface area contributed by atoms with Crippen LogP contribution in [0.25, 0.3) is 0 Å². The number of piperidine rings is 1. The van der Waals surface area contributed by atoms with Crippen LogP contribution < -0.4 is 0 Å². The van der Waals surface area contributed by atoms with Gasteiger partial charge in [0.2, 0.25) is 0 Å². The van der Waals surface area contributed by atoms with E-state index >= 15 is 0 Å². The molecule has 1 N–H and O–H groups in total. The van der Waals surface area contributed by atoms with E-state index in [-0.39, 0.29) is 5.91 Å². The van der Waals surface area contributed by atoms with Crippen molar-refractivity contribution in [1.82, 2.24) is 4.90 Å². The molecule has 0 bridgehead atoms. The van der Waals surface area contributed by atoms with Gasteiger partial charge in [0.1, 0.15) is 4.88 Å². The fourth-order valence-corrected chi connectivity index (χ4v) is 3.09. The predicted octanol–water partition coefficient (Wildman–Crippen LogP) is 2.39. The lowest BCUT2D eigenvalue weighted by Crippen LogP contribution is -2.48. The van der Waals surface area contributed by atoms with Gasteiger partial charge in [0.25, 0.3) is 5.91 Å². The van der Waals surface area contributed by atoms with E-state index in [4.69, 9.17) is 11.6 Å². The van der Waals surface area contributed by atoms with Gasteiger partial charge in [-0.1, -0.05) is 11.6 Å². The Bertz CT molecular complexity index is 402. The first-order chi connectivity index (χ1) is 7.49. The van der Waals surface area contributed by atoms with Crippen molar-refractivity contribution in [2.24, 2.45) is 0 Å². The summed E-state index contributed by atoms with van der Waals surface area (Å²) in [6, 6.07) is 1.72. The van der Waals surface area contributed by atoms with Crippen molar-refractivity contribution in [1.29, 1.82) is 0 Å². The molecule has 1 aliphatic heterocycles. The zero-order chi connectivity index (χ0) is 11.8. The van der Waals surface area contributed by atoms with Crippen LogP contribution in [0.3, 0.4) is 0 Å². The molecule has 1 unspecified atom stereocenters. The summed E-state index contributed by atoms with van der Waals surface area (Å²) in [4.78, 5) is 14.4. The van der Waals surface area contributed by atoms with E-state index in [1.165, 1.54) is 11.3 Å². The molecule has 1 fully saturated rings. The minimum atomic E-state index is -0.766. The first kappa shape index (κ1) is 11.9. The third kappa shape index (κ3) is 2.39. The molecule has 1 amide bonds. The number of nitrogens with zero attached hydrogens (tertiary/aromatic N) is 1. The standard InChI is InChI=1S/C11H14ClNO2S/c1-11(15)4-2-5-13(7-11)10(14)9-8(12)3-6-16-9/h3,6,15H,2,4-5,7H2,1H3. The highest BCUT2D eigenvalue weighted by Crippen LogP contribution is 2.27. The summed E-state index contributed by atoms with van der Waals surface area (Å²) in [7, 11) is 0. The van der Waals surface area contributed by atoms with Crippen LogP contribution in [0.5, 0.6) is 0 Å². The molecule has 3 nitrogen and oxygen atoms in total. The number of likely N-dealkylation sites (tertiary alicyclic amines) is 1. The second-order valence-corrected chi connectivity index (χ2v) is 5.75. The van der Waals surface area contributed by atoms with Crippen LogP contribution >= 0.6 is 22.9 Å². The van der Waals surface area contributed by atoms with Crippen LogP contribution in [0.1, 0.15) is 29.4 Å². The summed E-state index contributed by atoms with van der Waals surface area (Å²) >= 11 is 7.27. The molecule has 0 radical (unpaired) electrons. The molecule has 1 aromatic rings. The van der Waals surface area contributed by atoms with Gasteiger partial charge in [-0.25, -0.2) is 0 Å². The Balaban J connectivity index is 2.14. The summed E-state index contributed by atoms with van der Waals surface area (Å²) in [5, 5.41) is 12.2. The SMILES string of the molecule is CC1(O)CCCN(C(=O)c2sccc2Cl)C1. The molecule has 0 aromatic carbocycles. The average molecular weight is 260 g/mol. The van der Waals surface area contributed by atoms with E-state index in [0.29, 0.717) is 23.0 Å². The molecule has 16 heavy (non-hydrogen) atoms. The number of thiophene rings is 1. The Morgan fingerprint density at radius 1 is 1.69 bits per heavy atom. The highest BCUT2D eigenvalue weighted by molar-refractivity contribution is 7.12. The highest BCUT2D eigenvalue weighted by atomic mass is 35.5. The number of aliphatic hydroxyl groups is 1. The van der Waals surface area contributed by atoms with Crippen molar-refractivity contribution in [3.63, 3.8) is 0 Å². The second-order valence-electron chi connectivity index (χ2n) is 4.42. The Kier molecular flexibility index (Phi) is 3.24. The average Bonchev–Trinajstić information content (AvgIpc) is 2.62. The topological polar surface area (TPSA) is 40.5 Å². The van der Waals surface area contributed by atoms with Crippen molar-refractivity contribution in [2.75, 3.05) is 13.1 Å². The van der Waals surface area contributed by atoms with Crippen molar-refractivity contribution in [2.45, 2.75) is 25.4 Å². The van der Waals surface area contributed by atoms with Crippen molar-refractivity contribution in [3.05, 3.63) is 21.3 Å². The van der Waals surface area contributed by atoms with Gasteiger partial charge in [0.15, 0.2) is 0 Å². The van der Waals surface area contributed by atoms with Crippen LogP contribution in [-0.2, 0) is 0 Å². The number of hydrogen-bond donors (Lipinski definition) is 1. The van der Waals surface area contributed by atoms with Crippen LogP contribution in [0, 0.1) is 0 Å². The molecule has 2 rings (SSSR count). The molecule has 0 aliphatic carbocycles. The minimum Gasteiger partial charge on any atom is -0.388 e. The molecular weight excluding hydrogens is 246 g/mol. The smallest absolute Gasteiger partial charge is 0.265 e. The van der Waals surface area contributed by atoms with Crippen LogP contribution in [0.2, 0.25) is 5.02 Å². The molecular formula is C11H14ClNO2S. The lowest BCUT2D eigenvalue weighted by Gasteiger charge is -2.36. The summed E-state index contributed by atoms with van der Waals surface area (Å²) < 4.78 is 0. The largest absolute Gasteiger partial charge is 0.388 e. The van der Waals surface area contributed by atoms with Gasteiger partial charge in [-0.3, -0.25) is 4.79 Å². The van der Waals surface area contributed by atoms with E-state index < -0.39 is 5.60 Å². The summed E-state index contributed by atoms with van der Waals surface area (Å²) in [5.74, 6) is -0.0695. The summed E-state index contributed by atoms with van der Waals surface area (Å²) in [6.07, 6.45) is 1.58. The molecule has 1 aliphatic rings. The molecule has 2 heterocycles. The molecule has 1 atom stereocenters. The summed E-state index contributed by atoms with van der Waals surface area (Å²) in [5.41, 5.74) is -0.766. The Labute approximate surface area is 104 Å². The van der Waals surface area contributed by atoms with Gasteiger partial charge >= 0.3 is 0 Å². The van der Waals surface area contributed by atoms with Crippen molar-refractivity contribution in [3.8, 4) is 0 Å². The molecule has 1 saturated heterocycles. The van der Waals surface area contributed by atoms with Gasteiger partial charge in [-0.2, -0.15) is 0 Å². The Morgan fingerprint density at radius 2 is 2.44 bits per heavy atom. The van der Waals surface area contributed by atoms with Gasteiger partial charge in [0, 0.05) is 13.1 Å². The fourth-order valence-electron chi connectivity index (χ4n) is 1.98. The number of carbonyl (C=O) groups is 1. The normalized spacial score (nSPS) is 25.8. The van der Waals surface area contributed by atoms with Gasteiger partial charge < -0.3 is 10.0 Å². The van der Waals surface area contributed by atoms with E-state index in [1.54, 1.807) is 23.3 Å². The number of β-amino-alcohol motifs (C(OH)–C–C–N with tert-alkyl or cyclic N) is 1. The molecule has 1 aromatic heterocycles. The second kappa shape index (κ2) is 4.35. The zero-order valence-corrected chi connectivity index (χ0v) is 10.6. The third-order valence-electron chi connectivity index (χ3n) is 2.77. The minimum absolute atomic E-state index is 0.0695. The number of amides is 1. The maximum atomic E-state index is 12.1. The lowest BCUT2D eigenvalue weighted by molar-refractivity contribution is -0.0105. The Hall–Kier alpha value is -0.580. The zero-order valence-electron chi connectivity index (χ0n) is 9.07. The van der Waals surface area contributed by atoms with Gasteiger partial charge in [0.05, 0.1) is 10.6 Å². The molecule has 88 valence electrons. The first-order valence-corrected chi connectivity index (χ1v) is 6.50. The van der Waals surface area contributed by atoms with E-state index in [1.807, 2.05) is 0 Å². The molecule has 5 heteroatoms. The van der Waals surface area contributed by atoms with E-state index in [0.717, 1.165) is 12.8 Å². The van der Waals surface area contributed by atoms with E-state index in [2.05, 4.69) is 0 Å². The highest BCUT2D eigenvalue weighted by Gasteiger charge is 2.32. The van der Waals surface area contributed by atoms with E-state index in [9.17, 15) is 9.90 Å². The maximum Gasteiger partial charge on any atom is 0.265 e.